The summed E-state index contributed by atoms with van der Waals surface area (Å²) in [5, 5.41) is 12.1. The Bertz CT molecular complexity index is 2660. The number of rotatable bonds is 21. The Morgan fingerprint density at radius 2 is 1.35 bits per heavy atom. The number of anilines is 1. The van der Waals surface area contributed by atoms with Gasteiger partial charge in [-0.3, -0.25) is 9.36 Å². The Kier molecular flexibility index (Phi) is 17.1. The van der Waals surface area contributed by atoms with Gasteiger partial charge in [-0.1, -0.05) is 91.0 Å². The molecule has 1 fully saturated rings. The Morgan fingerprint density at radius 3 is 1.88 bits per heavy atom. The molecule has 2 heterocycles. The van der Waals surface area contributed by atoms with Crippen molar-refractivity contribution in [3.63, 3.8) is 0 Å². The first kappa shape index (κ1) is 50.1. The number of amides is 1. The fourth-order valence-electron chi connectivity index (χ4n) is 8.15. The first-order valence-corrected chi connectivity index (χ1v) is 23.7. The lowest BCUT2D eigenvalue weighted by Gasteiger charge is -2.39. The Balaban J connectivity index is 1.32. The number of carbonyl (C=O) groups is 2. The van der Waals surface area contributed by atoms with Crippen molar-refractivity contribution in [2.45, 2.75) is 76.7 Å². The number of nitriles is 1. The van der Waals surface area contributed by atoms with Crippen LogP contribution in [-0.2, 0) is 24.1 Å². The van der Waals surface area contributed by atoms with Gasteiger partial charge in [0.05, 0.1) is 57.8 Å². The molecule has 0 spiro atoms. The molecular weight excluding hydrogens is 898 g/mol. The average Bonchev–Trinajstić information content (AvgIpc) is 3.77. The molecule has 358 valence electrons. The van der Waals surface area contributed by atoms with Crippen molar-refractivity contribution in [2.75, 3.05) is 32.8 Å². The van der Waals surface area contributed by atoms with E-state index >= 15 is 0 Å². The van der Waals surface area contributed by atoms with Gasteiger partial charge in [0.2, 0.25) is 0 Å². The first-order chi connectivity index (χ1) is 33.4. The minimum Gasteiger partial charge on any atom is -0.497 e. The Morgan fingerprint density at radius 1 is 0.812 bits per heavy atom. The smallest absolute Gasteiger partial charge is 0.351 e. The number of esters is 1. The van der Waals surface area contributed by atoms with E-state index in [2.05, 4.69) is 21.0 Å². The van der Waals surface area contributed by atoms with Crippen LogP contribution in [0.3, 0.4) is 0 Å². The third-order valence-electron chi connectivity index (χ3n) is 11.4. The van der Waals surface area contributed by atoms with Crippen LogP contribution in [0.5, 0.6) is 17.2 Å². The molecule has 0 radical (unpaired) electrons. The van der Waals surface area contributed by atoms with E-state index in [0.29, 0.717) is 17.1 Å². The summed E-state index contributed by atoms with van der Waals surface area (Å²) < 4.78 is 47.9. The zero-order chi connectivity index (χ0) is 48.9. The van der Waals surface area contributed by atoms with Gasteiger partial charge in [0.15, 0.2) is 11.6 Å². The second-order valence-electron chi connectivity index (χ2n) is 16.6. The average molecular weight is 954 g/mol. The molecule has 7 rings (SSSR count). The van der Waals surface area contributed by atoms with E-state index in [1.807, 2.05) is 107 Å². The van der Waals surface area contributed by atoms with Crippen LogP contribution >= 0.6 is 8.53 Å². The summed E-state index contributed by atoms with van der Waals surface area (Å²) in [5.74, 6) is -0.438. The van der Waals surface area contributed by atoms with Gasteiger partial charge in [0.25, 0.3) is 14.4 Å². The molecule has 15 nitrogen and oxygen atoms in total. The molecule has 0 aliphatic carbocycles. The van der Waals surface area contributed by atoms with Crippen LogP contribution < -0.4 is 25.2 Å². The minimum absolute atomic E-state index is 0.0193. The molecular formula is C53H56N5O10P. The first-order valence-electron chi connectivity index (χ1n) is 22.6. The molecule has 0 bridgehead atoms. The summed E-state index contributed by atoms with van der Waals surface area (Å²) >= 11 is 0. The topological polar surface area (TPSA) is 173 Å². The zero-order valence-corrected chi connectivity index (χ0v) is 40.3. The highest BCUT2D eigenvalue weighted by Gasteiger charge is 2.45. The lowest BCUT2D eigenvalue weighted by Crippen LogP contribution is -2.39. The third kappa shape index (κ3) is 11.9. The number of nitrogens with zero attached hydrogens (tertiary/aromatic N) is 4. The number of hydrogen-bond donors (Lipinski definition) is 1. The molecule has 1 aliphatic heterocycles. The molecule has 1 N–H and O–H groups in total. The van der Waals surface area contributed by atoms with E-state index in [1.54, 1.807) is 74.9 Å². The fraction of sp³-hybridized carbons (Fsp3) is 0.302. The molecule has 4 atom stereocenters. The predicted molar refractivity (Wildman–Crippen MR) is 261 cm³/mol. The Labute approximate surface area is 403 Å². The van der Waals surface area contributed by atoms with Crippen LogP contribution in [0.15, 0.2) is 151 Å². The van der Waals surface area contributed by atoms with Crippen LogP contribution in [0.1, 0.15) is 84.2 Å². The molecule has 6 aromatic rings. The quantitative estimate of drug-likeness (QED) is 0.0313. The van der Waals surface area contributed by atoms with Crippen LogP contribution in [0.4, 0.5) is 5.82 Å². The monoisotopic (exact) mass is 953 g/mol. The van der Waals surface area contributed by atoms with Gasteiger partial charge in [-0.15, -0.1) is 0 Å². The molecule has 1 aromatic heterocycles. The Hall–Kier alpha value is -6.76. The summed E-state index contributed by atoms with van der Waals surface area (Å²) in [6.07, 6.45) is -1.14. The standard InChI is InChI=1S/C53H56N5O10P/c1-36(2)58(37(3)4)69(65-32-16-31-54)68-45-33-48(57-34-46(67-51(60)39-19-12-8-13-20-39)49(56-52(57)61)55-50(59)38-17-10-7-11-18-38)66-47(45)35-64-53(40-21-14-9-15-22-40,41-23-27-43(62-5)28-24-41)42-25-29-44(63-6)30-26-42/h7-15,17-30,34,36-37,45,47-48H,16,32-33,35H2,1-6H3,(H,55,56,59,61)/t45-,47+,48+,69?/m0/s1. The summed E-state index contributed by atoms with van der Waals surface area (Å²) in [6, 6.07) is 43.9. The summed E-state index contributed by atoms with van der Waals surface area (Å²) in [5.41, 5.74) is 0.898. The zero-order valence-electron chi connectivity index (χ0n) is 39.4. The fourth-order valence-corrected chi connectivity index (χ4v) is 9.91. The molecule has 5 aromatic carbocycles. The molecule has 69 heavy (non-hydrogen) atoms. The minimum atomic E-state index is -1.81. The largest absolute Gasteiger partial charge is 0.497 e. The van der Waals surface area contributed by atoms with Gasteiger partial charge in [-0.25, -0.2) is 14.3 Å². The van der Waals surface area contributed by atoms with Crippen molar-refractivity contribution in [3.8, 4) is 23.3 Å². The van der Waals surface area contributed by atoms with Crippen LogP contribution in [-0.4, -0.2) is 77.8 Å². The number of methoxy groups -OCH3 is 2. The highest BCUT2D eigenvalue weighted by atomic mass is 31.2. The maximum absolute atomic E-state index is 14.3. The number of benzene rings is 5. The van der Waals surface area contributed by atoms with E-state index in [4.69, 9.17) is 32.7 Å². The summed E-state index contributed by atoms with van der Waals surface area (Å²) in [6.45, 7) is 8.21. The van der Waals surface area contributed by atoms with Gasteiger partial charge >= 0.3 is 11.7 Å². The van der Waals surface area contributed by atoms with Crippen LogP contribution in [0.25, 0.3) is 0 Å². The van der Waals surface area contributed by atoms with Gasteiger partial charge in [-0.2, -0.15) is 10.2 Å². The van der Waals surface area contributed by atoms with E-state index in [-0.39, 0.29) is 55.3 Å². The van der Waals surface area contributed by atoms with Crippen molar-refractivity contribution in [2.24, 2.45) is 0 Å². The number of nitrogens with one attached hydrogen (secondary N) is 1. The third-order valence-corrected chi connectivity index (χ3v) is 13.6. The van der Waals surface area contributed by atoms with Crippen LogP contribution in [0.2, 0.25) is 0 Å². The molecule has 1 aliphatic rings. The maximum atomic E-state index is 14.3. The van der Waals surface area contributed by atoms with Gasteiger partial charge < -0.3 is 38.0 Å². The molecule has 1 amide bonds. The lowest BCUT2D eigenvalue weighted by molar-refractivity contribution is -0.0926. The van der Waals surface area contributed by atoms with Gasteiger partial charge in [0.1, 0.15) is 29.4 Å². The van der Waals surface area contributed by atoms with Gasteiger partial charge in [-0.05, 0) is 92.9 Å². The van der Waals surface area contributed by atoms with E-state index in [1.165, 1.54) is 10.8 Å². The van der Waals surface area contributed by atoms with E-state index < -0.39 is 50.1 Å². The van der Waals surface area contributed by atoms with Gasteiger partial charge in [0, 0.05) is 24.1 Å². The summed E-state index contributed by atoms with van der Waals surface area (Å²) in [7, 11) is 1.41. The van der Waals surface area contributed by atoms with E-state index in [9.17, 15) is 19.6 Å². The predicted octanol–water partition coefficient (Wildman–Crippen LogP) is 9.69. The number of ether oxygens (including phenoxy) is 5. The second-order valence-corrected chi connectivity index (χ2v) is 18.0. The highest BCUT2D eigenvalue weighted by molar-refractivity contribution is 7.44. The van der Waals surface area contributed by atoms with E-state index in [0.717, 1.165) is 16.7 Å². The van der Waals surface area contributed by atoms with Crippen molar-refractivity contribution >= 4 is 26.2 Å². The maximum Gasteiger partial charge on any atom is 0.351 e. The van der Waals surface area contributed by atoms with Crippen molar-refractivity contribution < 1.29 is 42.3 Å². The van der Waals surface area contributed by atoms with Crippen LogP contribution in [0, 0.1) is 11.3 Å². The molecule has 1 saturated heterocycles. The second kappa shape index (κ2) is 23.5. The van der Waals surface area contributed by atoms with Crippen molar-refractivity contribution in [1.82, 2.24) is 14.2 Å². The molecule has 16 heteroatoms. The number of aromatic nitrogens is 2. The normalized spacial score (nSPS) is 16.3. The molecule has 0 saturated carbocycles. The van der Waals surface area contributed by atoms with Crippen molar-refractivity contribution in [1.29, 1.82) is 5.26 Å². The van der Waals surface area contributed by atoms with Crippen molar-refractivity contribution in [3.05, 3.63) is 184 Å². The lowest BCUT2D eigenvalue weighted by atomic mass is 9.80. The number of hydrogen-bond acceptors (Lipinski definition) is 13. The highest BCUT2D eigenvalue weighted by Crippen LogP contribution is 2.51. The molecule has 1 unspecified atom stereocenters. The summed E-state index contributed by atoms with van der Waals surface area (Å²) in [4.78, 5) is 45.5. The SMILES string of the molecule is COc1ccc(C(OC[C@H]2O[C@@H](n3cc(OC(=O)c4ccccc4)c(NC(=O)c4ccccc4)nc3=O)C[C@@H]2OP(OCCC#N)N(C(C)C)C(C)C)(c2ccccc2)c2ccc(OC)cc2)cc1. The number of carbonyl (C=O) groups excluding carboxylic acids is 2.